The molecule has 0 heterocycles. The van der Waals surface area contributed by atoms with E-state index in [0.29, 0.717) is 31.8 Å². The molecular formula is C14H29NO3. The molecule has 0 aromatic heterocycles. The van der Waals surface area contributed by atoms with E-state index in [-0.39, 0.29) is 0 Å². The van der Waals surface area contributed by atoms with Crippen molar-refractivity contribution >= 4 is 0 Å². The second-order valence-electron chi connectivity index (χ2n) is 5.14. The van der Waals surface area contributed by atoms with Crippen LogP contribution in [0.25, 0.3) is 0 Å². The van der Waals surface area contributed by atoms with Crippen LogP contribution in [0.2, 0.25) is 0 Å². The molecular weight excluding hydrogens is 230 g/mol. The Kier molecular flexibility index (Phi) is 8.59. The molecule has 0 aliphatic heterocycles. The van der Waals surface area contributed by atoms with Crippen LogP contribution >= 0.6 is 0 Å². The SMILES string of the molecule is CCCNCC1(CCOCCOCCOC)CC1. The van der Waals surface area contributed by atoms with Crippen molar-refractivity contribution in [3.63, 3.8) is 0 Å². The Labute approximate surface area is 111 Å². The van der Waals surface area contributed by atoms with E-state index in [1.807, 2.05) is 0 Å². The number of hydrogen-bond donors (Lipinski definition) is 1. The van der Waals surface area contributed by atoms with Crippen LogP contribution in [-0.4, -0.2) is 53.2 Å². The Morgan fingerprint density at radius 1 is 1.00 bits per heavy atom. The van der Waals surface area contributed by atoms with Crippen molar-refractivity contribution in [1.82, 2.24) is 5.32 Å². The van der Waals surface area contributed by atoms with Crippen LogP contribution < -0.4 is 5.32 Å². The molecule has 1 aliphatic rings. The van der Waals surface area contributed by atoms with E-state index in [9.17, 15) is 0 Å². The smallest absolute Gasteiger partial charge is 0.0701 e. The normalized spacial score (nSPS) is 17.0. The first-order chi connectivity index (χ1) is 8.83. The van der Waals surface area contributed by atoms with Crippen LogP contribution in [0.3, 0.4) is 0 Å². The van der Waals surface area contributed by atoms with Gasteiger partial charge in [0.05, 0.1) is 26.4 Å². The zero-order valence-corrected chi connectivity index (χ0v) is 12.0. The summed E-state index contributed by atoms with van der Waals surface area (Å²) < 4.78 is 15.8. The molecule has 4 heteroatoms. The third-order valence-electron chi connectivity index (χ3n) is 3.46. The van der Waals surface area contributed by atoms with E-state index >= 15 is 0 Å². The standard InChI is InChI=1S/C14H29NO3/c1-3-7-15-13-14(4-5-14)6-8-17-11-12-18-10-9-16-2/h15H,3-13H2,1-2H3. The van der Waals surface area contributed by atoms with Gasteiger partial charge in [-0.1, -0.05) is 6.92 Å². The largest absolute Gasteiger partial charge is 0.382 e. The molecule has 1 N–H and O–H groups in total. The van der Waals surface area contributed by atoms with Gasteiger partial charge in [0.1, 0.15) is 0 Å². The summed E-state index contributed by atoms with van der Waals surface area (Å²) in [6.45, 7) is 8.05. The summed E-state index contributed by atoms with van der Waals surface area (Å²) in [5.74, 6) is 0. The summed E-state index contributed by atoms with van der Waals surface area (Å²) in [6.07, 6.45) is 5.11. The number of hydrogen-bond acceptors (Lipinski definition) is 4. The van der Waals surface area contributed by atoms with Gasteiger partial charge in [0, 0.05) is 20.3 Å². The monoisotopic (exact) mass is 259 g/mol. The Hall–Kier alpha value is -0.160. The summed E-state index contributed by atoms with van der Waals surface area (Å²) >= 11 is 0. The lowest BCUT2D eigenvalue weighted by Gasteiger charge is -2.15. The van der Waals surface area contributed by atoms with Gasteiger partial charge in [-0.25, -0.2) is 0 Å². The van der Waals surface area contributed by atoms with Crippen molar-refractivity contribution in [2.45, 2.75) is 32.6 Å². The quantitative estimate of drug-likeness (QED) is 0.512. The predicted molar refractivity (Wildman–Crippen MR) is 73.0 cm³/mol. The zero-order valence-electron chi connectivity index (χ0n) is 12.0. The highest BCUT2D eigenvalue weighted by molar-refractivity contribution is 4.94. The molecule has 18 heavy (non-hydrogen) atoms. The molecule has 1 saturated carbocycles. The topological polar surface area (TPSA) is 39.7 Å². The second-order valence-corrected chi connectivity index (χ2v) is 5.14. The highest BCUT2D eigenvalue weighted by Gasteiger charge is 2.41. The molecule has 0 aromatic carbocycles. The fourth-order valence-electron chi connectivity index (χ4n) is 1.98. The Morgan fingerprint density at radius 2 is 1.67 bits per heavy atom. The molecule has 0 saturated heterocycles. The Bertz CT molecular complexity index is 195. The van der Waals surface area contributed by atoms with E-state index in [1.165, 1.54) is 25.7 Å². The average Bonchev–Trinajstić information content (AvgIpc) is 3.13. The number of ether oxygens (including phenoxy) is 3. The Morgan fingerprint density at radius 3 is 2.28 bits per heavy atom. The molecule has 0 radical (unpaired) electrons. The molecule has 0 bridgehead atoms. The van der Waals surface area contributed by atoms with Gasteiger partial charge in [0.2, 0.25) is 0 Å². The lowest BCUT2D eigenvalue weighted by atomic mass is 10.0. The van der Waals surface area contributed by atoms with Crippen molar-refractivity contribution in [2.24, 2.45) is 5.41 Å². The maximum atomic E-state index is 5.60. The molecule has 0 spiro atoms. The molecule has 1 rings (SSSR count). The van der Waals surface area contributed by atoms with Crippen LogP contribution in [0.15, 0.2) is 0 Å². The average molecular weight is 259 g/mol. The van der Waals surface area contributed by atoms with Crippen LogP contribution in [0.4, 0.5) is 0 Å². The van der Waals surface area contributed by atoms with Gasteiger partial charge >= 0.3 is 0 Å². The van der Waals surface area contributed by atoms with E-state index in [4.69, 9.17) is 14.2 Å². The lowest BCUT2D eigenvalue weighted by molar-refractivity contribution is 0.0211. The highest BCUT2D eigenvalue weighted by Crippen LogP contribution is 2.48. The van der Waals surface area contributed by atoms with E-state index in [0.717, 1.165) is 19.7 Å². The minimum Gasteiger partial charge on any atom is -0.382 e. The molecule has 0 aromatic rings. The van der Waals surface area contributed by atoms with Crippen LogP contribution in [0, 0.1) is 5.41 Å². The third kappa shape index (κ3) is 7.31. The minimum atomic E-state index is 0.548. The van der Waals surface area contributed by atoms with Gasteiger partial charge in [-0.05, 0) is 37.6 Å². The van der Waals surface area contributed by atoms with E-state index in [2.05, 4.69) is 12.2 Å². The van der Waals surface area contributed by atoms with Gasteiger partial charge in [-0.2, -0.15) is 0 Å². The van der Waals surface area contributed by atoms with Gasteiger partial charge in [0.25, 0.3) is 0 Å². The first kappa shape index (κ1) is 15.9. The van der Waals surface area contributed by atoms with Crippen molar-refractivity contribution in [2.75, 3.05) is 53.2 Å². The lowest BCUT2D eigenvalue weighted by Crippen LogP contribution is -2.25. The first-order valence-corrected chi connectivity index (χ1v) is 7.18. The van der Waals surface area contributed by atoms with Gasteiger partial charge < -0.3 is 19.5 Å². The molecule has 1 fully saturated rings. The summed E-state index contributed by atoms with van der Waals surface area (Å²) in [5.41, 5.74) is 0.548. The molecule has 0 atom stereocenters. The van der Waals surface area contributed by atoms with Gasteiger partial charge in [0.15, 0.2) is 0 Å². The van der Waals surface area contributed by atoms with Gasteiger partial charge in [-0.15, -0.1) is 0 Å². The third-order valence-corrected chi connectivity index (χ3v) is 3.46. The van der Waals surface area contributed by atoms with Crippen molar-refractivity contribution in [1.29, 1.82) is 0 Å². The first-order valence-electron chi connectivity index (χ1n) is 7.18. The van der Waals surface area contributed by atoms with Crippen molar-refractivity contribution in [3.8, 4) is 0 Å². The van der Waals surface area contributed by atoms with E-state index in [1.54, 1.807) is 7.11 Å². The van der Waals surface area contributed by atoms with Crippen LogP contribution in [0.1, 0.15) is 32.6 Å². The summed E-state index contributed by atoms with van der Waals surface area (Å²) in [4.78, 5) is 0. The van der Waals surface area contributed by atoms with Crippen molar-refractivity contribution in [3.05, 3.63) is 0 Å². The van der Waals surface area contributed by atoms with Crippen molar-refractivity contribution < 1.29 is 14.2 Å². The molecule has 108 valence electrons. The summed E-state index contributed by atoms with van der Waals surface area (Å²) in [7, 11) is 1.68. The molecule has 4 nitrogen and oxygen atoms in total. The number of rotatable bonds is 13. The number of nitrogens with one attached hydrogen (secondary N) is 1. The van der Waals surface area contributed by atoms with Crippen LogP contribution in [0.5, 0.6) is 0 Å². The van der Waals surface area contributed by atoms with Crippen LogP contribution in [-0.2, 0) is 14.2 Å². The summed E-state index contributed by atoms with van der Waals surface area (Å²) in [6, 6.07) is 0. The summed E-state index contributed by atoms with van der Waals surface area (Å²) in [5, 5.41) is 3.52. The van der Waals surface area contributed by atoms with Gasteiger partial charge in [-0.3, -0.25) is 0 Å². The molecule has 1 aliphatic carbocycles. The maximum absolute atomic E-state index is 5.60. The predicted octanol–water partition coefficient (Wildman–Crippen LogP) is 1.84. The zero-order chi connectivity index (χ0) is 13.1. The fourth-order valence-corrected chi connectivity index (χ4v) is 1.98. The minimum absolute atomic E-state index is 0.548. The molecule has 0 amide bonds. The number of methoxy groups -OCH3 is 1. The van der Waals surface area contributed by atoms with E-state index < -0.39 is 0 Å². The maximum Gasteiger partial charge on any atom is 0.0701 e. The Balaban J connectivity index is 1.85. The highest BCUT2D eigenvalue weighted by atomic mass is 16.5. The second kappa shape index (κ2) is 9.73. The fraction of sp³-hybridized carbons (Fsp3) is 1.00. The molecule has 0 unspecified atom stereocenters.